The summed E-state index contributed by atoms with van der Waals surface area (Å²) in [6, 6.07) is 6.67. The fraction of sp³-hybridized carbons (Fsp3) is 0.294. The maximum atomic E-state index is 14.1. The van der Waals surface area contributed by atoms with Gasteiger partial charge in [-0.2, -0.15) is 4.31 Å². The van der Waals surface area contributed by atoms with Gasteiger partial charge in [-0.25, -0.2) is 12.8 Å². The number of rotatable bonds is 5. The van der Waals surface area contributed by atoms with E-state index in [-0.39, 0.29) is 30.1 Å². The van der Waals surface area contributed by atoms with Crippen molar-refractivity contribution in [3.8, 4) is 0 Å². The maximum Gasteiger partial charge on any atom is 0.254 e. The van der Waals surface area contributed by atoms with Gasteiger partial charge in [0.25, 0.3) is 5.91 Å². The van der Waals surface area contributed by atoms with Crippen LogP contribution in [0.2, 0.25) is 0 Å². The number of carbonyl (C=O) groups is 1. The topological polar surface area (TPSA) is 88.6 Å². The lowest BCUT2D eigenvalue weighted by molar-refractivity contribution is 0.0730. The average Bonchev–Trinajstić information content (AvgIpc) is 2.68. The van der Waals surface area contributed by atoms with Crippen molar-refractivity contribution in [1.82, 2.24) is 14.6 Å². The lowest BCUT2D eigenvalue weighted by Crippen LogP contribution is -2.40. The number of pyridine rings is 1. The molecule has 1 aliphatic rings. The molecule has 1 aliphatic heterocycles. The number of nitrogens with zero attached hydrogens (tertiary/aromatic N) is 2. The van der Waals surface area contributed by atoms with E-state index < -0.39 is 21.7 Å². The maximum absolute atomic E-state index is 14.1. The lowest BCUT2D eigenvalue weighted by Gasteiger charge is -2.26. The van der Waals surface area contributed by atoms with Gasteiger partial charge in [-0.15, -0.1) is 0 Å². The summed E-state index contributed by atoms with van der Waals surface area (Å²) in [7, 11) is -3.80. The smallest absolute Gasteiger partial charge is 0.254 e. The molecule has 26 heavy (non-hydrogen) atoms. The molecule has 7 nitrogen and oxygen atoms in total. The van der Waals surface area contributed by atoms with Gasteiger partial charge in [0.15, 0.2) is 0 Å². The van der Waals surface area contributed by atoms with Crippen molar-refractivity contribution in [1.29, 1.82) is 0 Å². The molecule has 0 spiro atoms. The first kappa shape index (κ1) is 18.4. The fourth-order valence-electron chi connectivity index (χ4n) is 2.55. The van der Waals surface area contributed by atoms with Crippen molar-refractivity contribution in [2.45, 2.75) is 11.4 Å². The van der Waals surface area contributed by atoms with Crippen LogP contribution in [-0.2, 0) is 21.3 Å². The molecule has 0 unspecified atom stereocenters. The predicted octanol–water partition coefficient (Wildman–Crippen LogP) is 1.17. The van der Waals surface area contributed by atoms with Crippen LogP contribution in [0.1, 0.15) is 15.9 Å². The first-order chi connectivity index (χ1) is 12.5. The van der Waals surface area contributed by atoms with Gasteiger partial charge in [0.05, 0.1) is 23.7 Å². The minimum Gasteiger partial charge on any atom is -0.379 e. The number of nitrogens with one attached hydrogen (secondary N) is 1. The Morgan fingerprint density at radius 1 is 1.19 bits per heavy atom. The number of hydrogen-bond donors (Lipinski definition) is 1. The van der Waals surface area contributed by atoms with Gasteiger partial charge in [-0.3, -0.25) is 9.78 Å². The highest BCUT2D eigenvalue weighted by Gasteiger charge is 2.27. The van der Waals surface area contributed by atoms with Crippen LogP contribution >= 0.6 is 0 Å². The van der Waals surface area contributed by atoms with Crippen molar-refractivity contribution >= 4 is 15.9 Å². The molecule has 0 aliphatic carbocycles. The Labute approximate surface area is 150 Å². The summed E-state index contributed by atoms with van der Waals surface area (Å²) >= 11 is 0. The molecule has 1 fully saturated rings. The van der Waals surface area contributed by atoms with Crippen molar-refractivity contribution in [3.05, 3.63) is 59.7 Å². The highest BCUT2D eigenvalue weighted by molar-refractivity contribution is 7.89. The van der Waals surface area contributed by atoms with E-state index in [0.29, 0.717) is 13.2 Å². The molecule has 0 saturated carbocycles. The Hall–Kier alpha value is -2.36. The van der Waals surface area contributed by atoms with Crippen LogP contribution in [0.3, 0.4) is 0 Å². The molecule has 0 atom stereocenters. The zero-order chi connectivity index (χ0) is 18.6. The highest BCUT2D eigenvalue weighted by atomic mass is 32.2. The Morgan fingerprint density at radius 2 is 1.88 bits per heavy atom. The van der Waals surface area contributed by atoms with Gasteiger partial charge in [0, 0.05) is 32.0 Å². The van der Waals surface area contributed by atoms with Crippen LogP contribution < -0.4 is 5.32 Å². The van der Waals surface area contributed by atoms with Crippen LogP contribution in [0, 0.1) is 5.82 Å². The summed E-state index contributed by atoms with van der Waals surface area (Å²) < 4.78 is 45.8. The number of morpholine rings is 1. The van der Waals surface area contributed by atoms with E-state index in [1.807, 2.05) is 0 Å². The van der Waals surface area contributed by atoms with E-state index in [1.54, 1.807) is 24.5 Å². The Balaban J connectivity index is 1.79. The number of carbonyl (C=O) groups excluding carboxylic acids is 1. The van der Waals surface area contributed by atoms with Crippen LogP contribution in [0.15, 0.2) is 47.6 Å². The number of hydrogen-bond acceptors (Lipinski definition) is 5. The lowest BCUT2D eigenvalue weighted by atomic mass is 10.2. The number of sulfonamides is 1. The number of ether oxygens (including phenoxy) is 1. The first-order valence-corrected chi connectivity index (χ1v) is 9.47. The molecule has 2 aromatic rings. The van der Waals surface area contributed by atoms with E-state index in [1.165, 1.54) is 10.4 Å². The first-order valence-electron chi connectivity index (χ1n) is 8.03. The largest absolute Gasteiger partial charge is 0.379 e. The van der Waals surface area contributed by atoms with Crippen LogP contribution in [0.4, 0.5) is 4.39 Å². The summed E-state index contributed by atoms with van der Waals surface area (Å²) in [6.07, 6.45) is 3.16. The van der Waals surface area contributed by atoms with Gasteiger partial charge < -0.3 is 10.1 Å². The van der Waals surface area contributed by atoms with E-state index in [0.717, 1.165) is 17.7 Å². The van der Waals surface area contributed by atoms with Gasteiger partial charge in [-0.05, 0) is 35.9 Å². The second-order valence-electron chi connectivity index (χ2n) is 5.70. The standard InChI is InChI=1S/C17H18FN3O4S/c18-16-2-1-14(26(23,24)21-7-9-25-10-8-21)11-15(16)17(22)20-12-13-3-5-19-6-4-13/h1-6,11H,7-10,12H2,(H,20,22). The number of amides is 1. The van der Waals surface area contributed by atoms with E-state index in [9.17, 15) is 17.6 Å². The molecule has 3 rings (SSSR count). The minimum atomic E-state index is -3.80. The third-order valence-corrected chi connectivity index (χ3v) is 5.89. The summed E-state index contributed by atoms with van der Waals surface area (Å²) in [5.74, 6) is -1.46. The molecular formula is C17H18FN3O4S. The third-order valence-electron chi connectivity index (χ3n) is 3.99. The molecule has 2 heterocycles. The Kier molecular flexibility index (Phi) is 5.60. The fourth-order valence-corrected chi connectivity index (χ4v) is 3.99. The molecule has 1 aromatic heterocycles. The molecule has 138 valence electrons. The van der Waals surface area contributed by atoms with E-state index >= 15 is 0 Å². The molecule has 1 N–H and O–H groups in total. The van der Waals surface area contributed by atoms with Crippen molar-refractivity contribution in [3.63, 3.8) is 0 Å². The SMILES string of the molecule is O=C(NCc1ccncc1)c1cc(S(=O)(=O)N2CCOCC2)ccc1F. The van der Waals surface area contributed by atoms with E-state index in [4.69, 9.17) is 4.74 Å². The molecule has 9 heteroatoms. The molecule has 0 bridgehead atoms. The zero-order valence-electron chi connectivity index (χ0n) is 13.9. The molecule has 0 radical (unpaired) electrons. The molecule has 1 aromatic carbocycles. The average molecular weight is 379 g/mol. The van der Waals surface area contributed by atoms with Crippen molar-refractivity contribution < 1.29 is 22.3 Å². The summed E-state index contributed by atoms with van der Waals surface area (Å²) in [4.78, 5) is 16.1. The Bertz CT molecular complexity index is 884. The number of benzene rings is 1. The summed E-state index contributed by atoms with van der Waals surface area (Å²) in [5, 5.41) is 2.58. The van der Waals surface area contributed by atoms with Crippen LogP contribution in [0.5, 0.6) is 0 Å². The van der Waals surface area contributed by atoms with E-state index in [2.05, 4.69) is 10.3 Å². The van der Waals surface area contributed by atoms with Crippen LogP contribution in [0.25, 0.3) is 0 Å². The summed E-state index contributed by atoms with van der Waals surface area (Å²) in [5.41, 5.74) is 0.485. The van der Waals surface area contributed by atoms with Gasteiger partial charge in [-0.1, -0.05) is 0 Å². The molecule has 1 amide bonds. The molecule has 1 saturated heterocycles. The second kappa shape index (κ2) is 7.90. The zero-order valence-corrected chi connectivity index (χ0v) is 14.7. The van der Waals surface area contributed by atoms with Gasteiger partial charge >= 0.3 is 0 Å². The molecular weight excluding hydrogens is 361 g/mol. The second-order valence-corrected chi connectivity index (χ2v) is 7.63. The Morgan fingerprint density at radius 3 is 2.58 bits per heavy atom. The van der Waals surface area contributed by atoms with Crippen molar-refractivity contribution in [2.75, 3.05) is 26.3 Å². The number of aromatic nitrogens is 1. The van der Waals surface area contributed by atoms with Gasteiger partial charge in [0.1, 0.15) is 5.82 Å². The monoisotopic (exact) mass is 379 g/mol. The normalized spacial score (nSPS) is 15.6. The predicted molar refractivity (Wildman–Crippen MR) is 91.4 cm³/mol. The van der Waals surface area contributed by atoms with Crippen molar-refractivity contribution in [2.24, 2.45) is 0 Å². The third kappa shape index (κ3) is 4.06. The van der Waals surface area contributed by atoms with Crippen LogP contribution in [-0.4, -0.2) is 49.9 Å². The quantitative estimate of drug-likeness (QED) is 0.843. The van der Waals surface area contributed by atoms with Gasteiger partial charge in [0.2, 0.25) is 10.0 Å². The number of halogens is 1. The summed E-state index contributed by atoms with van der Waals surface area (Å²) in [6.45, 7) is 1.24. The minimum absolute atomic E-state index is 0.116. The highest BCUT2D eigenvalue weighted by Crippen LogP contribution is 2.20.